The first-order valence-electron chi connectivity index (χ1n) is 22.6. The van der Waals surface area contributed by atoms with Crippen LogP contribution < -0.4 is 14.2 Å². The van der Waals surface area contributed by atoms with E-state index in [-0.39, 0.29) is 56.0 Å². The number of rotatable bonds is 21. The van der Waals surface area contributed by atoms with Gasteiger partial charge in [-0.25, -0.2) is 4.79 Å². The highest BCUT2D eigenvalue weighted by Gasteiger charge is 2.65. The molecule has 2 heterocycles. The summed E-state index contributed by atoms with van der Waals surface area (Å²) < 4.78 is 38.3. The van der Waals surface area contributed by atoms with Crippen molar-refractivity contribution in [2.24, 2.45) is 28.3 Å². The summed E-state index contributed by atoms with van der Waals surface area (Å²) in [7, 11) is 1.52. The van der Waals surface area contributed by atoms with Crippen LogP contribution >= 0.6 is 0 Å². The number of amides is 1. The normalized spacial score (nSPS) is 26.0. The molecule has 2 N–H and O–H groups in total. The highest BCUT2D eigenvalue weighted by Crippen LogP contribution is 2.62. The topological polar surface area (TPSA) is 155 Å². The maximum Gasteiger partial charge on any atom is 0.410 e. The number of hydrogen-bond donors (Lipinski definition) is 2. The van der Waals surface area contributed by atoms with Crippen LogP contribution in [-0.4, -0.2) is 98.0 Å². The zero-order chi connectivity index (χ0) is 44.3. The zero-order valence-corrected chi connectivity index (χ0v) is 37.4. The first kappa shape index (κ1) is 47.1. The van der Waals surface area contributed by atoms with Gasteiger partial charge in [-0.15, -0.1) is 6.58 Å². The van der Waals surface area contributed by atoms with Crippen LogP contribution in [-0.2, 0) is 19.0 Å². The molecule has 2 aliphatic heterocycles. The molecule has 7 atom stereocenters. The molecular formula is C49H68N2O11. The molecule has 2 aromatic rings. The second kappa shape index (κ2) is 21.8. The predicted molar refractivity (Wildman–Crippen MR) is 236 cm³/mol. The number of aliphatic hydroxyl groups excluding tert-OH is 2. The van der Waals surface area contributed by atoms with Gasteiger partial charge in [-0.05, 0) is 104 Å². The Morgan fingerprint density at radius 3 is 2.48 bits per heavy atom. The average Bonchev–Trinajstić information content (AvgIpc) is 3.27. The summed E-state index contributed by atoms with van der Waals surface area (Å²) in [6.45, 7) is 13.7. The van der Waals surface area contributed by atoms with E-state index in [1.165, 1.54) is 7.11 Å². The van der Waals surface area contributed by atoms with Crippen LogP contribution in [0.1, 0.15) is 120 Å². The molecule has 62 heavy (non-hydrogen) atoms. The third kappa shape index (κ3) is 10.8. The maximum absolute atomic E-state index is 14.5. The summed E-state index contributed by atoms with van der Waals surface area (Å²) in [6, 6.07) is 10.2. The van der Waals surface area contributed by atoms with Gasteiger partial charge < -0.3 is 43.5 Å². The molecule has 1 amide bonds. The van der Waals surface area contributed by atoms with Crippen LogP contribution in [0.2, 0.25) is 0 Å². The Kier molecular flexibility index (Phi) is 16.5. The van der Waals surface area contributed by atoms with Gasteiger partial charge in [-0.1, -0.05) is 57.8 Å². The fourth-order valence-corrected chi connectivity index (χ4v) is 9.61. The first-order chi connectivity index (χ1) is 30.0. The van der Waals surface area contributed by atoms with Crippen molar-refractivity contribution in [2.45, 2.75) is 122 Å². The number of aliphatic hydroxyl groups is 2. The number of methoxy groups -OCH3 is 1. The van der Waals surface area contributed by atoms with Gasteiger partial charge in [0.25, 0.3) is 0 Å². The number of aldehydes is 1. The summed E-state index contributed by atoms with van der Waals surface area (Å²) in [5.41, 5.74) is 2.64. The van der Waals surface area contributed by atoms with Gasteiger partial charge in [-0.3, -0.25) is 9.69 Å². The minimum atomic E-state index is -1.42. The lowest BCUT2D eigenvalue weighted by atomic mass is 9.55. The van der Waals surface area contributed by atoms with Gasteiger partial charge in [0.05, 0.1) is 44.1 Å². The number of oxime groups is 1. The molecule has 4 aliphatic rings. The Morgan fingerprint density at radius 2 is 1.81 bits per heavy atom. The van der Waals surface area contributed by atoms with Crippen LogP contribution in [0.15, 0.2) is 65.9 Å². The summed E-state index contributed by atoms with van der Waals surface area (Å²) >= 11 is 0. The fourth-order valence-electron chi connectivity index (χ4n) is 9.61. The molecule has 0 aromatic heterocycles. The summed E-state index contributed by atoms with van der Waals surface area (Å²) in [6.07, 6.45) is 11.9. The van der Waals surface area contributed by atoms with Crippen LogP contribution in [0.4, 0.5) is 4.79 Å². The average molecular weight is 861 g/mol. The molecule has 0 bridgehead atoms. The lowest BCUT2D eigenvalue weighted by Gasteiger charge is -2.60. The van der Waals surface area contributed by atoms with Crippen molar-refractivity contribution in [3.05, 3.63) is 71.8 Å². The number of allylic oxidation sites excluding steroid dienone is 1. The number of nitrogens with zero attached hydrogens (tertiary/aromatic N) is 2. The molecule has 13 nitrogen and oxygen atoms in total. The zero-order valence-electron chi connectivity index (χ0n) is 37.4. The van der Waals surface area contributed by atoms with Gasteiger partial charge in [0.1, 0.15) is 29.0 Å². The molecular weight excluding hydrogens is 793 g/mol. The van der Waals surface area contributed by atoms with E-state index < -0.39 is 30.1 Å². The van der Waals surface area contributed by atoms with Crippen molar-refractivity contribution in [2.75, 3.05) is 46.7 Å². The monoisotopic (exact) mass is 860 g/mol. The van der Waals surface area contributed by atoms with E-state index >= 15 is 0 Å². The highest BCUT2D eigenvalue weighted by molar-refractivity contribution is 6.03. The number of benzene rings is 2. The molecule has 2 aliphatic carbocycles. The summed E-state index contributed by atoms with van der Waals surface area (Å²) in [4.78, 5) is 34.5. The van der Waals surface area contributed by atoms with E-state index in [4.69, 9.17) is 38.4 Å². The quantitative estimate of drug-likeness (QED) is 0.0534. The van der Waals surface area contributed by atoms with Crippen molar-refractivity contribution in [3.63, 3.8) is 0 Å². The number of carbonyl (C=O) groups is 2. The van der Waals surface area contributed by atoms with Crippen molar-refractivity contribution in [1.82, 2.24) is 4.90 Å². The largest absolute Gasteiger partial charge is 0.496 e. The van der Waals surface area contributed by atoms with E-state index in [2.05, 4.69) is 12.7 Å². The third-order valence-electron chi connectivity index (χ3n) is 12.3. The SMILES string of the molecule is C=CCO[C@@]12Oc3ccc(Oc4ccc(OC)c(C=O)c4)cc3[C@H]3[C@H](CCCCO)[C@@H](CCCCO)C=C(C(=NOC4CCCCO4)C[C@@H]1N(CCC)C(=O)OCC(C)(C)C)[C@H]32. The molecule has 13 heteroatoms. The van der Waals surface area contributed by atoms with Crippen LogP contribution in [0.25, 0.3) is 0 Å². The Hall–Kier alpha value is -4.43. The second-order valence-electron chi connectivity index (χ2n) is 18.1. The standard InChI is InChI=1S/C49H68N2O11/c1-7-22-51(47(55)58-32-48(3,4)5)43-30-40(50-62-44-17-11-14-26-57-44)38-28-33(15-9-12-23-52)37(16-10-13-24-53)45-39-29-36(60-35-18-20-41(56-6)34(27-35)31-54)19-21-42(39)61-49(43,46(38)45)59-25-8-2/h8,18-21,27-29,31,33,37,43-46,52-53H,2,7,9-17,22-26,30,32H2,1,3-6H3/t33-,37+,43-,44?,45+,46+,49+/m0/s1. The van der Waals surface area contributed by atoms with Gasteiger partial charge in [0.2, 0.25) is 12.1 Å². The van der Waals surface area contributed by atoms with Crippen molar-refractivity contribution in [3.8, 4) is 23.0 Å². The number of fused-ring (bicyclic) bond motifs is 2. The lowest BCUT2D eigenvalue weighted by Crippen LogP contribution is -2.70. The minimum absolute atomic E-state index is 0.0244. The van der Waals surface area contributed by atoms with Crippen molar-refractivity contribution in [1.29, 1.82) is 0 Å². The molecule has 0 spiro atoms. The predicted octanol–water partition coefficient (Wildman–Crippen LogP) is 9.35. The third-order valence-corrected chi connectivity index (χ3v) is 12.3. The van der Waals surface area contributed by atoms with Gasteiger partial charge >= 0.3 is 6.09 Å². The van der Waals surface area contributed by atoms with Gasteiger partial charge in [0.15, 0.2) is 6.29 Å². The first-order valence-corrected chi connectivity index (χ1v) is 22.6. The molecule has 1 saturated carbocycles. The van der Waals surface area contributed by atoms with Crippen LogP contribution in [0, 0.1) is 23.2 Å². The molecule has 0 radical (unpaired) electrons. The van der Waals surface area contributed by atoms with Gasteiger partial charge in [0, 0.05) is 44.1 Å². The van der Waals surface area contributed by atoms with E-state index in [9.17, 15) is 19.8 Å². The summed E-state index contributed by atoms with van der Waals surface area (Å²) in [5, 5.41) is 24.8. The number of ether oxygens (including phenoxy) is 6. The fraction of sp³-hybridized carbons (Fsp3) is 0.612. The Labute approximate surface area is 367 Å². The van der Waals surface area contributed by atoms with E-state index in [1.807, 2.05) is 45.9 Å². The number of carbonyl (C=O) groups excluding carboxylic acids is 2. The Bertz CT molecular complexity index is 1880. The lowest BCUT2D eigenvalue weighted by molar-refractivity contribution is -0.255. The second-order valence-corrected chi connectivity index (χ2v) is 18.1. The van der Waals surface area contributed by atoms with Crippen molar-refractivity contribution < 1.29 is 53.1 Å². The molecule has 2 aromatic carbocycles. The highest BCUT2D eigenvalue weighted by atomic mass is 16.8. The van der Waals surface area contributed by atoms with E-state index in [0.717, 1.165) is 62.4 Å². The molecule has 2 fully saturated rings. The Balaban J connectivity index is 1.57. The number of unbranched alkanes of at least 4 members (excludes halogenated alkanes) is 2. The molecule has 1 unspecified atom stereocenters. The van der Waals surface area contributed by atoms with E-state index in [1.54, 1.807) is 29.2 Å². The summed E-state index contributed by atoms with van der Waals surface area (Å²) in [5.74, 6) is -0.0203. The smallest absolute Gasteiger partial charge is 0.410 e. The van der Waals surface area contributed by atoms with Crippen LogP contribution in [0.5, 0.6) is 23.0 Å². The number of hydrogen-bond acceptors (Lipinski definition) is 12. The van der Waals surface area contributed by atoms with E-state index in [0.29, 0.717) is 66.7 Å². The molecule has 6 rings (SSSR count). The van der Waals surface area contributed by atoms with Crippen LogP contribution in [0.3, 0.4) is 0 Å². The van der Waals surface area contributed by atoms with Crippen molar-refractivity contribution >= 4 is 18.1 Å². The van der Waals surface area contributed by atoms with Gasteiger partial charge in [-0.2, -0.15) is 0 Å². The Morgan fingerprint density at radius 1 is 1.05 bits per heavy atom. The molecule has 1 saturated heterocycles. The minimum Gasteiger partial charge on any atom is -0.496 e. The maximum atomic E-state index is 14.5. The molecule has 340 valence electrons.